The quantitative estimate of drug-likeness (QED) is 0.490. The Morgan fingerprint density at radius 1 is 1.26 bits per heavy atom. The molecule has 10 heteroatoms. The van der Waals surface area contributed by atoms with E-state index in [9.17, 15) is 9.59 Å². The van der Waals surface area contributed by atoms with Crippen LogP contribution in [-0.4, -0.2) is 36.1 Å². The van der Waals surface area contributed by atoms with Crippen molar-refractivity contribution in [3.05, 3.63) is 57.7 Å². The Kier molecular flexibility index (Phi) is 4.66. The Balaban J connectivity index is 1.47. The van der Waals surface area contributed by atoms with Gasteiger partial charge in [-0.3, -0.25) is 14.2 Å². The molecular weight excluding hydrogens is 416 g/mol. The molecule has 9 nitrogen and oxygen atoms in total. The number of hydrogen-bond acceptors (Lipinski definition) is 7. The molecule has 1 atom stereocenters. The third kappa shape index (κ3) is 3.42. The van der Waals surface area contributed by atoms with Crippen LogP contribution in [0, 0.1) is 20.8 Å². The van der Waals surface area contributed by atoms with Gasteiger partial charge in [-0.15, -0.1) is 0 Å². The van der Waals surface area contributed by atoms with Gasteiger partial charge in [0.05, 0.1) is 17.9 Å². The van der Waals surface area contributed by atoms with Gasteiger partial charge in [-0.05, 0) is 44.0 Å². The Labute approximate surface area is 181 Å². The lowest BCUT2D eigenvalue weighted by molar-refractivity contribution is -0.116. The summed E-state index contributed by atoms with van der Waals surface area (Å²) in [6, 6.07) is 7.38. The molecule has 1 N–H and O–H groups in total. The van der Waals surface area contributed by atoms with E-state index in [1.54, 1.807) is 28.4 Å². The summed E-state index contributed by atoms with van der Waals surface area (Å²) in [4.78, 5) is 30.4. The van der Waals surface area contributed by atoms with Crippen molar-refractivity contribution in [3.63, 3.8) is 0 Å². The van der Waals surface area contributed by atoms with Gasteiger partial charge in [0, 0.05) is 18.2 Å². The number of nitrogens with one attached hydrogen (secondary N) is 1. The number of thioether (sulfide) groups is 1. The highest BCUT2D eigenvalue weighted by atomic mass is 32.2. The van der Waals surface area contributed by atoms with E-state index in [1.165, 1.54) is 17.3 Å². The summed E-state index contributed by atoms with van der Waals surface area (Å²) in [7, 11) is 0. The van der Waals surface area contributed by atoms with E-state index in [1.807, 2.05) is 25.1 Å². The number of fused-ring (bicyclic) bond motifs is 2. The molecule has 0 aliphatic carbocycles. The second-order valence-corrected chi connectivity index (χ2v) is 8.66. The Morgan fingerprint density at radius 3 is 2.84 bits per heavy atom. The van der Waals surface area contributed by atoms with Crippen LogP contribution in [-0.2, 0) is 4.79 Å². The molecule has 0 bridgehead atoms. The molecule has 4 aromatic rings. The summed E-state index contributed by atoms with van der Waals surface area (Å²) < 4.78 is 8.26. The maximum absolute atomic E-state index is 13.2. The van der Waals surface area contributed by atoms with E-state index in [0.29, 0.717) is 33.5 Å². The predicted octanol–water partition coefficient (Wildman–Crippen LogP) is 3.17. The first-order chi connectivity index (χ1) is 14.9. The van der Waals surface area contributed by atoms with Crippen molar-refractivity contribution < 1.29 is 9.32 Å². The molecule has 5 rings (SSSR count). The average Bonchev–Trinajstić information content (AvgIpc) is 3.44. The van der Waals surface area contributed by atoms with Gasteiger partial charge < -0.3 is 9.84 Å². The second kappa shape index (κ2) is 7.38. The molecular formula is C21H20N6O3S. The monoisotopic (exact) mass is 436 g/mol. The molecule has 0 fully saturated rings. The van der Waals surface area contributed by atoms with Crippen molar-refractivity contribution in [2.24, 2.45) is 0 Å². The molecule has 0 spiro atoms. The lowest BCUT2D eigenvalue weighted by Gasteiger charge is -2.13. The maximum Gasteiger partial charge on any atom is 0.265 e. The second-order valence-electron chi connectivity index (χ2n) is 7.67. The van der Waals surface area contributed by atoms with Gasteiger partial charge in [-0.2, -0.15) is 5.10 Å². The summed E-state index contributed by atoms with van der Waals surface area (Å²) >= 11 is 1.47. The fraction of sp³-hybridized carbons (Fsp3) is 0.286. The number of carbonyl (C=O) groups is 1. The first kappa shape index (κ1) is 19.6. The topological polar surface area (TPSA) is 108 Å². The number of amides is 1. The van der Waals surface area contributed by atoms with Crippen LogP contribution in [0.5, 0.6) is 0 Å². The predicted molar refractivity (Wildman–Crippen MR) is 117 cm³/mol. The van der Waals surface area contributed by atoms with Crippen molar-refractivity contribution in [3.8, 4) is 5.69 Å². The molecule has 1 unspecified atom stereocenters. The number of rotatable bonds is 4. The van der Waals surface area contributed by atoms with Crippen molar-refractivity contribution in [2.45, 2.75) is 38.4 Å². The van der Waals surface area contributed by atoms with Gasteiger partial charge in [-0.25, -0.2) is 9.67 Å². The highest BCUT2D eigenvalue weighted by Gasteiger charge is 2.29. The molecule has 158 valence electrons. The maximum atomic E-state index is 13.2. The van der Waals surface area contributed by atoms with Crippen molar-refractivity contribution in [1.29, 1.82) is 0 Å². The van der Waals surface area contributed by atoms with E-state index >= 15 is 0 Å². The molecule has 0 saturated heterocycles. The third-order valence-electron chi connectivity index (χ3n) is 5.42. The summed E-state index contributed by atoms with van der Waals surface area (Å²) in [6.07, 6.45) is 1.69. The number of carbonyl (C=O) groups excluding carboxylic acids is 1. The first-order valence-electron chi connectivity index (χ1n) is 9.84. The van der Waals surface area contributed by atoms with Gasteiger partial charge in [0.25, 0.3) is 5.56 Å². The Bertz CT molecular complexity index is 1390. The highest BCUT2D eigenvalue weighted by Crippen LogP contribution is 2.33. The molecule has 31 heavy (non-hydrogen) atoms. The number of nitrogens with zero attached hydrogens (tertiary/aromatic N) is 5. The van der Waals surface area contributed by atoms with E-state index in [2.05, 4.69) is 22.5 Å². The smallest absolute Gasteiger partial charge is 0.265 e. The summed E-state index contributed by atoms with van der Waals surface area (Å²) in [5.41, 5.74) is 3.52. The summed E-state index contributed by atoms with van der Waals surface area (Å²) in [5.74, 6) is 1.34. The van der Waals surface area contributed by atoms with E-state index in [0.717, 1.165) is 11.3 Å². The minimum Gasteiger partial charge on any atom is -0.360 e. The molecule has 1 aromatic carbocycles. The van der Waals surface area contributed by atoms with Crippen molar-refractivity contribution >= 4 is 34.5 Å². The highest BCUT2D eigenvalue weighted by molar-refractivity contribution is 7.99. The van der Waals surface area contributed by atoms with E-state index in [4.69, 9.17) is 9.51 Å². The van der Waals surface area contributed by atoms with Gasteiger partial charge in [0.2, 0.25) is 5.91 Å². The number of aryl methyl sites for hydroxylation is 3. The van der Waals surface area contributed by atoms with Gasteiger partial charge in [0.15, 0.2) is 16.6 Å². The van der Waals surface area contributed by atoms with Crippen LogP contribution in [0.1, 0.15) is 29.3 Å². The molecule has 4 heterocycles. The normalized spacial score (nSPS) is 15.4. The van der Waals surface area contributed by atoms with Gasteiger partial charge in [0.1, 0.15) is 11.1 Å². The molecule has 1 amide bonds. The molecule has 0 saturated carbocycles. The van der Waals surface area contributed by atoms with E-state index < -0.39 is 0 Å². The molecule has 1 aliphatic rings. The summed E-state index contributed by atoms with van der Waals surface area (Å²) in [6.45, 7) is 5.84. The standard InChI is InChI=1S/C21H20N6O3S/c1-11-4-5-14(6-12(11)2)27-19-16(9-22-27)20(29)26-15(10-31-21(26)24-19)8-18(28)23-17-7-13(3)30-25-17/h4-7,9,15H,8,10H2,1-3H3,(H,23,25,28). The molecule has 1 aliphatic heterocycles. The van der Waals surface area contributed by atoms with E-state index in [-0.39, 0.29) is 23.9 Å². The van der Waals surface area contributed by atoms with Crippen LogP contribution in [0.15, 0.2) is 44.9 Å². The SMILES string of the molecule is Cc1cc(NC(=O)CC2CSc3nc4c(cnn4-c4ccc(C)c(C)c4)c(=O)n32)no1. The van der Waals surface area contributed by atoms with Crippen LogP contribution in [0.4, 0.5) is 5.82 Å². The fourth-order valence-electron chi connectivity index (χ4n) is 3.66. The largest absolute Gasteiger partial charge is 0.360 e. The average molecular weight is 436 g/mol. The van der Waals surface area contributed by atoms with Crippen molar-refractivity contribution in [2.75, 3.05) is 11.1 Å². The third-order valence-corrected chi connectivity index (χ3v) is 6.52. The zero-order valence-corrected chi connectivity index (χ0v) is 18.1. The molecule has 0 radical (unpaired) electrons. The van der Waals surface area contributed by atoms with Crippen LogP contribution >= 0.6 is 11.8 Å². The lowest BCUT2D eigenvalue weighted by Crippen LogP contribution is -2.27. The zero-order valence-electron chi connectivity index (χ0n) is 17.2. The zero-order chi connectivity index (χ0) is 21.7. The Hall–Kier alpha value is -3.40. The van der Waals surface area contributed by atoms with Crippen molar-refractivity contribution in [1.82, 2.24) is 24.5 Å². The van der Waals surface area contributed by atoms with Gasteiger partial charge in [-0.1, -0.05) is 23.0 Å². The number of aromatic nitrogens is 5. The molecule has 3 aromatic heterocycles. The first-order valence-corrected chi connectivity index (χ1v) is 10.8. The fourth-order valence-corrected chi connectivity index (χ4v) is 4.79. The minimum atomic E-state index is -0.289. The number of benzene rings is 1. The number of hydrogen-bond donors (Lipinski definition) is 1. The van der Waals surface area contributed by atoms with Crippen LogP contribution in [0.25, 0.3) is 16.7 Å². The van der Waals surface area contributed by atoms with Crippen LogP contribution in [0.3, 0.4) is 0 Å². The summed E-state index contributed by atoms with van der Waals surface area (Å²) in [5, 5.41) is 11.9. The van der Waals surface area contributed by atoms with Crippen LogP contribution in [0.2, 0.25) is 0 Å². The number of anilines is 1. The lowest BCUT2D eigenvalue weighted by atomic mass is 10.1. The van der Waals surface area contributed by atoms with Gasteiger partial charge >= 0.3 is 0 Å². The minimum absolute atomic E-state index is 0.143. The Morgan fingerprint density at radius 2 is 2.10 bits per heavy atom. The van der Waals surface area contributed by atoms with Crippen LogP contribution < -0.4 is 10.9 Å².